The third-order valence-electron chi connectivity index (χ3n) is 3.77. The molecule has 0 saturated heterocycles. The lowest BCUT2D eigenvalue weighted by molar-refractivity contribution is -0.122. The smallest absolute Gasteiger partial charge is 0.261 e. The summed E-state index contributed by atoms with van der Waals surface area (Å²) in [5, 5.41) is 7.45. The van der Waals surface area contributed by atoms with Gasteiger partial charge in [0.25, 0.3) is 5.91 Å². The van der Waals surface area contributed by atoms with E-state index in [-0.39, 0.29) is 11.8 Å². The molecule has 0 bridgehead atoms. The van der Waals surface area contributed by atoms with E-state index < -0.39 is 6.04 Å². The fourth-order valence-corrected chi connectivity index (χ4v) is 3.19. The molecule has 0 aliphatic rings. The van der Waals surface area contributed by atoms with Crippen molar-refractivity contribution in [1.29, 1.82) is 0 Å². The number of hydrogen-bond acceptors (Lipinski definition) is 3. The number of carbonyl (C=O) groups is 2. The minimum Gasteiger partial charge on any atom is -0.350 e. The van der Waals surface area contributed by atoms with Gasteiger partial charge in [0.2, 0.25) is 5.91 Å². The van der Waals surface area contributed by atoms with Crippen molar-refractivity contribution in [2.75, 3.05) is 0 Å². The summed E-state index contributed by atoms with van der Waals surface area (Å²) in [4.78, 5) is 24.8. The predicted octanol–water partition coefficient (Wildman–Crippen LogP) is 3.11. The SMILES string of the molecule is Cc1cc(C)c(CNC(=O)C(C)NC(=O)c2cccs2)c(C)c1. The molecule has 2 aromatic rings. The van der Waals surface area contributed by atoms with Crippen LogP contribution in [0, 0.1) is 20.8 Å². The molecule has 1 aromatic carbocycles. The minimum absolute atomic E-state index is 0.186. The monoisotopic (exact) mass is 330 g/mol. The third kappa shape index (κ3) is 4.42. The Balaban J connectivity index is 1.93. The van der Waals surface area contributed by atoms with Gasteiger partial charge >= 0.3 is 0 Å². The summed E-state index contributed by atoms with van der Waals surface area (Å²) in [7, 11) is 0. The number of carbonyl (C=O) groups excluding carboxylic acids is 2. The molecule has 0 radical (unpaired) electrons. The zero-order valence-corrected chi connectivity index (χ0v) is 14.7. The number of benzene rings is 1. The standard InChI is InChI=1S/C18H22N2O2S/c1-11-8-12(2)15(13(3)9-11)10-19-17(21)14(4)20-18(22)16-6-5-7-23-16/h5-9,14H,10H2,1-4H3,(H,19,21)(H,20,22). The van der Waals surface area contributed by atoms with Gasteiger partial charge in [0.1, 0.15) is 6.04 Å². The van der Waals surface area contributed by atoms with E-state index in [9.17, 15) is 9.59 Å². The Labute approximate surface area is 140 Å². The van der Waals surface area contributed by atoms with Crippen LogP contribution in [0.25, 0.3) is 0 Å². The zero-order valence-electron chi connectivity index (χ0n) is 13.9. The molecule has 0 spiro atoms. The molecule has 122 valence electrons. The Morgan fingerprint density at radius 1 is 1.17 bits per heavy atom. The van der Waals surface area contributed by atoms with E-state index in [2.05, 4.69) is 29.7 Å². The van der Waals surface area contributed by atoms with Gasteiger partial charge in [-0.15, -0.1) is 11.3 Å². The summed E-state index contributed by atoms with van der Waals surface area (Å²) in [6.07, 6.45) is 0. The van der Waals surface area contributed by atoms with Gasteiger partial charge in [-0.3, -0.25) is 9.59 Å². The number of amides is 2. The molecule has 4 nitrogen and oxygen atoms in total. The minimum atomic E-state index is -0.573. The lowest BCUT2D eigenvalue weighted by Crippen LogP contribution is -2.44. The Bertz CT molecular complexity index is 685. The highest BCUT2D eigenvalue weighted by molar-refractivity contribution is 7.12. The van der Waals surface area contributed by atoms with Gasteiger partial charge in [0, 0.05) is 6.54 Å². The molecule has 1 heterocycles. The van der Waals surface area contributed by atoms with Crippen LogP contribution in [0.3, 0.4) is 0 Å². The lowest BCUT2D eigenvalue weighted by atomic mass is 10.00. The van der Waals surface area contributed by atoms with Crippen LogP contribution in [-0.2, 0) is 11.3 Å². The summed E-state index contributed by atoms with van der Waals surface area (Å²) in [5.74, 6) is -0.403. The summed E-state index contributed by atoms with van der Waals surface area (Å²) >= 11 is 1.36. The first-order valence-electron chi connectivity index (χ1n) is 7.57. The van der Waals surface area contributed by atoms with Crippen LogP contribution < -0.4 is 10.6 Å². The van der Waals surface area contributed by atoms with Crippen LogP contribution in [0.5, 0.6) is 0 Å². The molecule has 2 rings (SSSR count). The Hall–Kier alpha value is -2.14. The van der Waals surface area contributed by atoms with E-state index in [0.29, 0.717) is 11.4 Å². The molecule has 2 amide bonds. The molecule has 1 unspecified atom stereocenters. The zero-order chi connectivity index (χ0) is 17.0. The quantitative estimate of drug-likeness (QED) is 0.885. The van der Waals surface area contributed by atoms with Crippen molar-refractivity contribution in [2.24, 2.45) is 0 Å². The first-order chi connectivity index (χ1) is 10.9. The number of aryl methyl sites for hydroxylation is 3. The highest BCUT2D eigenvalue weighted by Gasteiger charge is 2.17. The maximum atomic E-state index is 12.2. The average Bonchev–Trinajstić information content (AvgIpc) is 2.99. The highest BCUT2D eigenvalue weighted by Crippen LogP contribution is 2.16. The van der Waals surface area contributed by atoms with Crippen molar-refractivity contribution in [3.05, 3.63) is 56.8 Å². The second-order valence-electron chi connectivity index (χ2n) is 5.77. The topological polar surface area (TPSA) is 58.2 Å². The molecule has 0 aliphatic carbocycles. The van der Waals surface area contributed by atoms with E-state index in [1.807, 2.05) is 25.3 Å². The van der Waals surface area contributed by atoms with E-state index in [1.165, 1.54) is 16.9 Å². The van der Waals surface area contributed by atoms with Gasteiger partial charge in [-0.25, -0.2) is 0 Å². The van der Waals surface area contributed by atoms with Gasteiger partial charge in [0.15, 0.2) is 0 Å². The number of hydrogen-bond donors (Lipinski definition) is 2. The predicted molar refractivity (Wildman–Crippen MR) is 93.7 cm³/mol. The van der Waals surface area contributed by atoms with Crippen molar-refractivity contribution >= 4 is 23.2 Å². The maximum absolute atomic E-state index is 12.2. The summed E-state index contributed by atoms with van der Waals surface area (Å²) in [6.45, 7) is 8.31. The van der Waals surface area contributed by atoms with E-state index in [0.717, 1.165) is 16.7 Å². The number of nitrogens with one attached hydrogen (secondary N) is 2. The van der Waals surface area contributed by atoms with Crippen LogP contribution in [-0.4, -0.2) is 17.9 Å². The van der Waals surface area contributed by atoms with Gasteiger partial charge in [-0.05, 0) is 55.8 Å². The fraction of sp³-hybridized carbons (Fsp3) is 0.333. The molecule has 5 heteroatoms. The first kappa shape index (κ1) is 17.2. The van der Waals surface area contributed by atoms with E-state index in [4.69, 9.17) is 0 Å². The van der Waals surface area contributed by atoms with Crippen molar-refractivity contribution < 1.29 is 9.59 Å². The summed E-state index contributed by atoms with van der Waals surface area (Å²) in [6, 6.07) is 7.19. The molecule has 0 fully saturated rings. The first-order valence-corrected chi connectivity index (χ1v) is 8.45. The van der Waals surface area contributed by atoms with Crippen molar-refractivity contribution in [2.45, 2.75) is 40.3 Å². The third-order valence-corrected chi connectivity index (χ3v) is 4.63. The molecule has 1 atom stereocenters. The Kier molecular flexibility index (Phi) is 5.55. The average molecular weight is 330 g/mol. The summed E-state index contributed by atoms with van der Waals surface area (Å²) in [5.41, 5.74) is 4.67. The van der Waals surface area contributed by atoms with Crippen molar-refractivity contribution in [3.63, 3.8) is 0 Å². The molecule has 2 N–H and O–H groups in total. The van der Waals surface area contributed by atoms with Crippen LogP contribution in [0.1, 0.15) is 38.8 Å². The second kappa shape index (κ2) is 7.42. The maximum Gasteiger partial charge on any atom is 0.261 e. The van der Waals surface area contributed by atoms with Gasteiger partial charge in [0.05, 0.1) is 4.88 Å². The Morgan fingerprint density at radius 2 is 1.83 bits per heavy atom. The van der Waals surface area contributed by atoms with Crippen LogP contribution in [0.4, 0.5) is 0 Å². The Morgan fingerprint density at radius 3 is 2.39 bits per heavy atom. The van der Waals surface area contributed by atoms with Crippen LogP contribution in [0.15, 0.2) is 29.6 Å². The molecular formula is C18H22N2O2S. The lowest BCUT2D eigenvalue weighted by Gasteiger charge is -2.16. The molecule has 0 aliphatic heterocycles. The number of thiophene rings is 1. The van der Waals surface area contributed by atoms with Crippen molar-refractivity contribution in [3.8, 4) is 0 Å². The molecule has 1 aromatic heterocycles. The number of rotatable bonds is 5. The van der Waals surface area contributed by atoms with Crippen LogP contribution >= 0.6 is 11.3 Å². The molecule has 23 heavy (non-hydrogen) atoms. The largest absolute Gasteiger partial charge is 0.350 e. The second-order valence-corrected chi connectivity index (χ2v) is 6.72. The molecular weight excluding hydrogens is 308 g/mol. The molecule has 0 saturated carbocycles. The van der Waals surface area contributed by atoms with Crippen LogP contribution in [0.2, 0.25) is 0 Å². The highest BCUT2D eigenvalue weighted by atomic mass is 32.1. The van der Waals surface area contributed by atoms with Gasteiger partial charge < -0.3 is 10.6 Å². The van der Waals surface area contributed by atoms with Gasteiger partial charge in [-0.1, -0.05) is 23.8 Å². The van der Waals surface area contributed by atoms with Gasteiger partial charge in [-0.2, -0.15) is 0 Å². The van der Waals surface area contributed by atoms with E-state index >= 15 is 0 Å². The van der Waals surface area contributed by atoms with Crippen molar-refractivity contribution in [1.82, 2.24) is 10.6 Å². The van der Waals surface area contributed by atoms with E-state index in [1.54, 1.807) is 13.0 Å². The summed E-state index contributed by atoms with van der Waals surface area (Å²) < 4.78 is 0. The normalized spacial score (nSPS) is 11.8. The fourth-order valence-electron chi connectivity index (χ4n) is 2.56.